The fourth-order valence-electron chi connectivity index (χ4n) is 4.70. The zero-order chi connectivity index (χ0) is 29.4. The number of allylic oxidation sites excluding steroid dienone is 6. The minimum atomic E-state index is -0.296. The van der Waals surface area contributed by atoms with Gasteiger partial charge in [0.2, 0.25) is 0 Å². The third kappa shape index (κ3) is 7.60. The molecular weight excluding hydrogens is 520 g/mol. The van der Waals surface area contributed by atoms with Crippen LogP contribution < -0.4 is 5.56 Å². The van der Waals surface area contributed by atoms with Gasteiger partial charge in [0.05, 0.1) is 15.6 Å². The normalized spacial score (nSPS) is 13.1. The summed E-state index contributed by atoms with van der Waals surface area (Å²) in [5.74, 6) is -0.219. The molecule has 0 saturated carbocycles. The van der Waals surface area contributed by atoms with Crippen molar-refractivity contribution in [3.05, 3.63) is 75.6 Å². The molecule has 3 rings (SSSR count). The van der Waals surface area contributed by atoms with Crippen LogP contribution in [0, 0.1) is 0 Å². The number of aromatic hydroxyl groups is 3. The topological polar surface area (TPSA) is 87.6 Å². The van der Waals surface area contributed by atoms with Crippen molar-refractivity contribution in [3.8, 4) is 17.2 Å². The van der Waals surface area contributed by atoms with Crippen LogP contribution in [0.3, 0.4) is 0 Å². The molecule has 216 valence electrons. The summed E-state index contributed by atoms with van der Waals surface area (Å²) in [6.45, 7) is 12.9. The van der Waals surface area contributed by atoms with Gasteiger partial charge in [0.15, 0.2) is 0 Å². The van der Waals surface area contributed by atoms with E-state index in [0.29, 0.717) is 21.1 Å². The van der Waals surface area contributed by atoms with Gasteiger partial charge >= 0.3 is 0 Å². The molecule has 0 amide bonds. The summed E-state index contributed by atoms with van der Waals surface area (Å²) in [6, 6.07) is 7.75. The quantitative estimate of drug-likeness (QED) is 0.203. The summed E-state index contributed by atoms with van der Waals surface area (Å²) in [7, 11) is 0. The average molecular weight is 565 g/mol. The number of rotatable bonds is 11. The maximum atomic E-state index is 14.0. The Balaban J connectivity index is 2.16. The molecule has 6 nitrogen and oxygen atoms in total. The first-order chi connectivity index (χ1) is 19.1. The summed E-state index contributed by atoms with van der Waals surface area (Å²) in [4.78, 5) is 14.0. The van der Waals surface area contributed by atoms with Crippen molar-refractivity contribution in [3.63, 3.8) is 0 Å². The number of hydrogen-bond acceptors (Lipinski definition) is 5. The fourth-order valence-corrected chi connectivity index (χ4v) is 5.92. The van der Waals surface area contributed by atoms with E-state index in [0.717, 1.165) is 38.5 Å². The van der Waals surface area contributed by atoms with Crippen molar-refractivity contribution < 1.29 is 15.3 Å². The van der Waals surface area contributed by atoms with Crippen LogP contribution in [-0.2, 0) is 6.54 Å². The lowest BCUT2D eigenvalue weighted by Gasteiger charge is -2.19. The van der Waals surface area contributed by atoms with Crippen LogP contribution in [0.5, 0.6) is 17.2 Å². The summed E-state index contributed by atoms with van der Waals surface area (Å²) in [5.41, 5.74) is 4.54. The van der Waals surface area contributed by atoms with Gasteiger partial charge in [-0.2, -0.15) is 0 Å². The lowest BCUT2D eigenvalue weighted by molar-refractivity contribution is 0.450. The highest BCUT2D eigenvalue weighted by Crippen LogP contribution is 2.35. The van der Waals surface area contributed by atoms with Crippen molar-refractivity contribution in [1.82, 2.24) is 8.52 Å². The maximum absolute atomic E-state index is 14.0. The van der Waals surface area contributed by atoms with E-state index in [1.807, 2.05) is 17.8 Å². The molecule has 0 radical (unpaired) electrons. The van der Waals surface area contributed by atoms with Crippen molar-refractivity contribution >= 4 is 32.7 Å². The van der Waals surface area contributed by atoms with E-state index in [2.05, 4.69) is 45.9 Å². The van der Waals surface area contributed by atoms with E-state index < -0.39 is 0 Å². The third-order valence-electron chi connectivity index (χ3n) is 7.28. The number of fused-ring (bicyclic) bond motifs is 2. The van der Waals surface area contributed by atoms with E-state index in [1.54, 1.807) is 22.8 Å². The van der Waals surface area contributed by atoms with E-state index in [9.17, 15) is 20.1 Å². The SMILES string of the molecule is CC/C(=C\Cn1c(=O)c2cccc(O)c2sn(C(C)CC)c2c(O)cc(O)cc21)CC/C=C(\C)CCC=C(C)C. The van der Waals surface area contributed by atoms with Crippen molar-refractivity contribution in [2.75, 3.05) is 0 Å². The van der Waals surface area contributed by atoms with Crippen molar-refractivity contribution in [2.45, 2.75) is 92.7 Å². The Labute approximate surface area is 241 Å². The van der Waals surface area contributed by atoms with Gasteiger partial charge in [0.25, 0.3) is 5.56 Å². The molecule has 0 saturated heterocycles. The van der Waals surface area contributed by atoms with E-state index in [-0.39, 0.29) is 35.4 Å². The Morgan fingerprint density at radius 2 is 1.70 bits per heavy atom. The summed E-state index contributed by atoms with van der Waals surface area (Å²) in [5, 5.41) is 32.6. The first-order valence-electron chi connectivity index (χ1n) is 14.2. The molecule has 0 fully saturated rings. The van der Waals surface area contributed by atoms with Crippen LogP contribution in [-0.4, -0.2) is 23.8 Å². The lowest BCUT2D eigenvalue weighted by atomic mass is 10.0. The molecule has 1 atom stereocenters. The van der Waals surface area contributed by atoms with Crippen molar-refractivity contribution in [1.29, 1.82) is 0 Å². The van der Waals surface area contributed by atoms with Crippen LogP contribution in [0.1, 0.15) is 86.1 Å². The number of nitrogens with zero attached hydrogens (tertiary/aromatic N) is 2. The second-order valence-corrected chi connectivity index (χ2v) is 11.7. The van der Waals surface area contributed by atoms with Crippen LogP contribution in [0.4, 0.5) is 0 Å². The van der Waals surface area contributed by atoms with E-state index in [1.165, 1.54) is 40.4 Å². The number of aromatic nitrogens is 2. The molecule has 1 aromatic heterocycles. The van der Waals surface area contributed by atoms with Crippen LogP contribution in [0.2, 0.25) is 0 Å². The molecule has 7 heteroatoms. The molecule has 0 aliphatic heterocycles. The molecule has 0 spiro atoms. The summed E-state index contributed by atoms with van der Waals surface area (Å²) >= 11 is 1.24. The van der Waals surface area contributed by atoms with Gasteiger partial charge in [0, 0.05) is 24.7 Å². The van der Waals surface area contributed by atoms with Crippen LogP contribution in [0.25, 0.3) is 21.1 Å². The number of phenols is 3. The van der Waals surface area contributed by atoms with Gasteiger partial charge < -0.3 is 19.9 Å². The maximum Gasteiger partial charge on any atom is 0.260 e. The molecule has 3 aromatic rings. The second kappa shape index (κ2) is 14.3. The fraction of sp³-hybridized carbons (Fsp3) is 0.424. The Kier molecular flexibility index (Phi) is 11.1. The standard InChI is InChI=1S/C33H44N2O4S/c1-7-24(6)35-31-28(20-26(36)21-30(31)38)34(33(39)27-16-11-17-29(37)32(27)40-35)19-18-25(8-2)15-10-14-23(5)13-9-12-22(3)4/h11-12,14,16-18,20-21,24,36-38H,7-10,13,15,19H2,1-6H3/b23-14+,25-18+. The molecule has 1 unspecified atom stereocenters. The number of hydrogen-bond donors (Lipinski definition) is 3. The van der Waals surface area contributed by atoms with Crippen molar-refractivity contribution in [2.24, 2.45) is 0 Å². The predicted octanol–water partition coefficient (Wildman–Crippen LogP) is 9.04. The first-order valence-corrected chi connectivity index (χ1v) is 15.0. The number of benzene rings is 2. The van der Waals surface area contributed by atoms with Gasteiger partial charge in [-0.3, -0.25) is 8.75 Å². The zero-order valence-corrected chi connectivity index (χ0v) is 25.5. The Morgan fingerprint density at radius 3 is 2.38 bits per heavy atom. The highest BCUT2D eigenvalue weighted by molar-refractivity contribution is 7.14. The largest absolute Gasteiger partial charge is 0.508 e. The van der Waals surface area contributed by atoms with Gasteiger partial charge in [-0.05, 0) is 78.4 Å². The Morgan fingerprint density at radius 1 is 0.975 bits per heavy atom. The minimum Gasteiger partial charge on any atom is -0.508 e. The van der Waals surface area contributed by atoms with Gasteiger partial charge in [-0.1, -0.05) is 66.4 Å². The Bertz CT molecular complexity index is 1550. The highest BCUT2D eigenvalue weighted by atomic mass is 32.1. The van der Waals surface area contributed by atoms with Crippen LogP contribution >= 0.6 is 11.5 Å². The van der Waals surface area contributed by atoms with Gasteiger partial charge in [0.1, 0.15) is 22.8 Å². The summed E-state index contributed by atoms with van der Waals surface area (Å²) < 4.78 is 3.97. The summed E-state index contributed by atoms with van der Waals surface area (Å²) in [6.07, 6.45) is 12.2. The zero-order valence-electron chi connectivity index (χ0n) is 24.7. The highest BCUT2D eigenvalue weighted by Gasteiger charge is 2.16. The molecule has 3 N–H and O–H groups in total. The molecule has 0 bridgehead atoms. The third-order valence-corrected chi connectivity index (χ3v) is 8.63. The molecule has 0 aliphatic carbocycles. The molecule has 40 heavy (non-hydrogen) atoms. The lowest BCUT2D eigenvalue weighted by Crippen LogP contribution is -2.20. The molecule has 2 aromatic carbocycles. The van der Waals surface area contributed by atoms with E-state index in [4.69, 9.17) is 0 Å². The molecule has 0 aliphatic rings. The first kappa shape index (κ1) is 31.1. The van der Waals surface area contributed by atoms with Gasteiger partial charge in [-0.15, -0.1) is 0 Å². The van der Waals surface area contributed by atoms with Gasteiger partial charge in [-0.25, -0.2) is 0 Å². The molecule has 1 heterocycles. The Hall–Kier alpha value is -3.45. The second-order valence-electron chi connectivity index (χ2n) is 10.7. The smallest absolute Gasteiger partial charge is 0.260 e. The van der Waals surface area contributed by atoms with E-state index >= 15 is 0 Å². The average Bonchev–Trinajstić information content (AvgIpc) is 2.90. The minimum absolute atomic E-state index is 0.0161. The number of phenolic OH excluding ortho intramolecular Hbond substituents is 3. The monoisotopic (exact) mass is 564 g/mol. The predicted molar refractivity (Wildman–Crippen MR) is 169 cm³/mol. The van der Waals surface area contributed by atoms with Crippen LogP contribution in [0.15, 0.2) is 70.1 Å². The molecular formula is C33H44N2O4S.